The van der Waals surface area contributed by atoms with Crippen LogP contribution in [0.4, 0.5) is 0 Å². The van der Waals surface area contributed by atoms with Gasteiger partial charge in [0.05, 0.1) is 6.61 Å². The Morgan fingerprint density at radius 3 is 2.09 bits per heavy atom. The fourth-order valence-electron chi connectivity index (χ4n) is 2.18. The largest absolute Gasteiger partial charge is 0.507 e. The lowest BCUT2D eigenvalue weighted by Gasteiger charge is -2.27. The van der Waals surface area contributed by atoms with Crippen molar-refractivity contribution in [2.75, 3.05) is 6.61 Å². The van der Waals surface area contributed by atoms with Crippen LogP contribution in [0.1, 0.15) is 82.8 Å². The molecule has 127 valence electrons. The second kappa shape index (κ2) is 8.22. The smallest absolute Gasteiger partial charge is 0.341 e. The predicted octanol–water partition coefficient (Wildman–Crippen LogP) is 4.56. The van der Waals surface area contributed by atoms with Gasteiger partial charge in [-0.1, -0.05) is 61.0 Å². The number of hydrogen-bond donors (Lipinski definition) is 1. The summed E-state index contributed by atoms with van der Waals surface area (Å²) in [4.78, 5) is 12.3. The molecule has 0 atom stereocenters. The van der Waals surface area contributed by atoms with Crippen LogP contribution in [0.15, 0.2) is 12.1 Å². The third-order valence-corrected chi connectivity index (χ3v) is 3.73. The first-order valence-corrected chi connectivity index (χ1v) is 8.03. The second-order valence-electron chi connectivity index (χ2n) is 7.91. The van der Waals surface area contributed by atoms with Gasteiger partial charge in [-0.3, -0.25) is 0 Å². The van der Waals surface area contributed by atoms with E-state index in [1.165, 1.54) is 0 Å². The van der Waals surface area contributed by atoms with Crippen LogP contribution in [-0.4, -0.2) is 35.0 Å². The minimum Gasteiger partial charge on any atom is -0.507 e. The number of carbonyl (C=O) groups excluding carboxylic acids is 1. The summed E-state index contributed by atoms with van der Waals surface area (Å²) in [6.45, 7) is 14.8. The molecule has 1 aromatic rings. The van der Waals surface area contributed by atoms with Gasteiger partial charge in [0.2, 0.25) is 0 Å². The van der Waals surface area contributed by atoms with Crippen molar-refractivity contribution in [3.8, 4) is 5.75 Å². The molecule has 1 aromatic carbocycles. The van der Waals surface area contributed by atoms with Crippen LogP contribution in [-0.2, 0) is 15.6 Å². The average molecular weight is 333 g/mol. The van der Waals surface area contributed by atoms with Gasteiger partial charge in [0, 0.05) is 22.9 Å². The number of phenols is 1. The molecule has 0 saturated carbocycles. The lowest BCUT2D eigenvalue weighted by atomic mass is 9.79. The van der Waals surface area contributed by atoms with Crippen LogP contribution < -0.4 is 0 Å². The summed E-state index contributed by atoms with van der Waals surface area (Å²) in [6, 6.07) is 3.76. The van der Waals surface area contributed by atoms with E-state index in [2.05, 4.69) is 20.8 Å². The van der Waals surface area contributed by atoms with Crippen molar-refractivity contribution in [2.45, 2.75) is 72.1 Å². The van der Waals surface area contributed by atoms with Gasteiger partial charge in [-0.25, -0.2) is 4.79 Å². The normalized spacial score (nSPS) is 11.8. The number of aromatic hydroxyl groups is 1. The molecule has 0 spiro atoms. The lowest BCUT2D eigenvalue weighted by molar-refractivity contribution is 0.0496. The van der Waals surface area contributed by atoms with E-state index in [1.54, 1.807) is 6.07 Å². The molecule has 1 rings (SSSR count). The number of rotatable bonds is 4. The van der Waals surface area contributed by atoms with Crippen molar-refractivity contribution in [1.82, 2.24) is 0 Å². The molecule has 23 heavy (non-hydrogen) atoms. The highest BCUT2D eigenvalue weighted by Gasteiger charge is 2.27. The highest BCUT2D eigenvalue weighted by molar-refractivity contribution is 5.93. The van der Waals surface area contributed by atoms with Crippen LogP contribution in [0.25, 0.3) is 0 Å². The number of carbonyl (C=O) groups is 1. The zero-order chi connectivity index (χ0) is 17.1. The van der Waals surface area contributed by atoms with E-state index >= 15 is 0 Å². The Kier molecular flexibility index (Phi) is 7.87. The number of benzene rings is 1. The molecule has 4 heteroatoms. The van der Waals surface area contributed by atoms with Crippen molar-refractivity contribution in [1.29, 1.82) is 0 Å². The fourth-order valence-corrected chi connectivity index (χ4v) is 2.18. The fraction of sp³-hybridized carbons (Fsp3) is 0.632. The maximum absolute atomic E-state index is 12.3. The molecule has 0 bridgehead atoms. The summed E-state index contributed by atoms with van der Waals surface area (Å²) in [5.41, 5.74) is 1.73. The molecule has 3 radical (unpaired) electrons. The highest BCUT2D eigenvalue weighted by atomic mass is 27.0. The Morgan fingerprint density at radius 2 is 1.65 bits per heavy atom. The van der Waals surface area contributed by atoms with Gasteiger partial charge in [-0.15, -0.1) is 0 Å². The van der Waals surface area contributed by atoms with E-state index in [1.807, 2.05) is 33.8 Å². The van der Waals surface area contributed by atoms with E-state index in [0.717, 1.165) is 24.0 Å². The zero-order valence-electron chi connectivity index (χ0n) is 15.6. The molecule has 1 N–H and O–H groups in total. The molecule has 0 amide bonds. The number of phenolic OH excluding ortho intramolecular Hbond substituents is 1. The summed E-state index contributed by atoms with van der Waals surface area (Å²) in [7, 11) is 0. The quantitative estimate of drug-likeness (QED) is 0.499. The van der Waals surface area contributed by atoms with E-state index in [0.29, 0.717) is 6.61 Å². The average Bonchev–Trinajstić information content (AvgIpc) is 2.36. The molecule has 0 aromatic heterocycles. The Bertz CT molecular complexity index is 537. The van der Waals surface area contributed by atoms with Gasteiger partial charge in [-0.2, -0.15) is 0 Å². The lowest BCUT2D eigenvalue weighted by Crippen LogP contribution is -2.19. The summed E-state index contributed by atoms with van der Waals surface area (Å²) in [5.74, 6) is -0.399. The molecule has 0 unspecified atom stereocenters. The number of unbranched alkanes of at least 4 members (excludes halogenated alkanes) is 1. The maximum Gasteiger partial charge on any atom is 0.341 e. The van der Waals surface area contributed by atoms with Gasteiger partial charge in [0.15, 0.2) is 0 Å². The van der Waals surface area contributed by atoms with Gasteiger partial charge >= 0.3 is 5.97 Å². The van der Waals surface area contributed by atoms with Crippen LogP contribution >= 0.6 is 0 Å². The molecule has 0 aliphatic carbocycles. The van der Waals surface area contributed by atoms with E-state index < -0.39 is 5.97 Å². The predicted molar refractivity (Wildman–Crippen MR) is 96.5 cm³/mol. The SMILES string of the molecule is CCCCOC(=O)c1cc(C(C)(C)C)cc(C(C)(C)C)c1O.[Al]. The minimum absolute atomic E-state index is 0. The van der Waals surface area contributed by atoms with Gasteiger partial charge in [0.1, 0.15) is 11.3 Å². The first kappa shape index (κ1) is 22.0. The van der Waals surface area contributed by atoms with E-state index in [-0.39, 0.29) is 39.5 Å². The molecule has 0 heterocycles. The van der Waals surface area contributed by atoms with Gasteiger partial charge in [-0.05, 0) is 28.9 Å². The Labute approximate surface area is 151 Å². The van der Waals surface area contributed by atoms with Crippen LogP contribution in [0.2, 0.25) is 0 Å². The van der Waals surface area contributed by atoms with Crippen LogP contribution in [0.5, 0.6) is 5.75 Å². The van der Waals surface area contributed by atoms with Crippen LogP contribution in [0.3, 0.4) is 0 Å². The minimum atomic E-state index is -0.442. The van der Waals surface area contributed by atoms with Crippen molar-refractivity contribution in [3.05, 3.63) is 28.8 Å². The van der Waals surface area contributed by atoms with E-state index in [4.69, 9.17) is 4.74 Å². The maximum atomic E-state index is 12.3. The molecule has 0 aliphatic rings. The molecule has 3 nitrogen and oxygen atoms in total. The van der Waals surface area contributed by atoms with Crippen LogP contribution in [0, 0.1) is 0 Å². The summed E-state index contributed by atoms with van der Waals surface area (Å²) in [6.07, 6.45) is 1.80. The zero-order valence-corrected chi connectivity index (χ0v) is 16.8. The third kappa shape index (κ3) is 5.86. The third-order valence-electron chi connectivity index (χ3n) is 3.73. The highest BCUT2D eigenvalue weighted by Crippen LogP contribution is 2.37. The van der Waals surface area contributed by atoms with Gasteiger partial charge in [0.25, 0.3) is 0 Å². The standard InChI is InChI=1S/C19H30O3.Al/c1-8-9-10-22-17(21)14-11-13(18(2,3)4)12-15(16(14)20)19(5,6)7;/h11-12,20H,8-10H2,1-7H3;. The summed E-state index contributed by atoms with van der Waals surface area (Å²) < 4.78 is 5.29. The first-order valence-electron chi connectivity index (χ1n) is 8.03. The second-order valence-corrected chi connectivity index (χ2v) is 7.91. The van der Waals surface area contributed by atoms with E-state index in [9.17, 15) is 9.90 Å². The summed E-state index contributed by atoms with van der Waals surface area (Å²) >= 11 is 0. The molecule has 0 saturated heterocycles. The summed E-state index contributed by atoms with van der Waals surface area (Å²) in [5, 5.41) is 10.5. The van der Waals surface area contributed by atoms with Crippen molar-refractivity contribution in [2.24, 2.45) is 0 Å². The monoisotopic (exact) mass is 333 g/mol. The van der Waals surface area contributed by atoms with Crippen molar-refractivity contribution in [3.63, 3.8) is 0 Å². The number of esters is 1. The molecule has 0 aliphatic heterocycles. The molecule has 0 fully saturated rings. The number of hydrogen-bond acceptors (Lipinski definition) is 3. The molecular formula is C19H30AlO3. The number of ether oxygens (including phenoxy) is 1. The van der Waals surface area contributed by atoms with Crippen molar-refractivity contribution < 1.29 is 14.6 Å². The first-order chi connectivity index (χ1) is 9.98. The Morgan fingerprint density at radius 1 is 1.09 bits per heavy atom. The van der Waals surface area contributed by atoms with Gasteiger partial charge < -0.3 is 9.84 Å². The Balaban J connectivity index is 0.00000484. The van der Waals surface area contributed by atoms with Crippen molar-refractivity contribution >= 4 is 23.3 Å². The topological polar surface area (TPSA) is 46.5 Å². The molecular weight excluding hydrogens is 303 g/mol. The Hall–Kier alpha value is -0.978.